The van der Waals surface area contributed by atoms with Crippen molar-refractivity contribution < 1.29 is 79.9 Å². The van der Waals surface area contributed by atoms with E-state index in [1.54, 1.807) is 48.9 Å². The molecule has 0 unspecified atom stereocenters. The van der Waals surface area contributed by atoms with Gasteiger partial charge in [0.05, 0.1) is 26.4 Å². The summed E-state index contributed by atoms with van der Waals surface area (Å²) in [5.41, 5.74) is 8.88. The van der Waals surface area contributed by atoms with Gasteiger partial charge in [0.2, 0.25) is 11.6 Å². The number of amides is 2. The monoisotopic (exact) mass is 1330 g/mol. The standard InChI is InChI=1S/C64H72N4O10.2O.U/c1-5-25-73-61-41-15-11-16-42(61)30-48-34-52-36-50(64(48)76-28-8-4)32-44-18-12-17-43(62(44)74-26-6-2)31-49-35-51(33-47(29-41)63(49)75-27-7-3)67-57(69)39-77-55-23-13-19-45(59(55)71)37-65-53-21-9-10-22-54(53)66-38-46-20-14-24-56(60(46)72)78-40-58(70)68-52;;;/h11-20,23-24,33-38,53-54,65-66H,5-10,21-22,25-32,39-40H2,1-4H3,(H,67,69)(H,68,70);;;/b45-37-,46-38?;;;/t53-,54-;;;/m0.../s1. The van der Waals surface area contributed by atoms with E-state index in [2.05, 4.69) is 73.2 Å². The number of nitrogens with one attached hydrogen (secondary N) is 4. The first kappa shape index (κ1) is 59.8. The molecule has 4 aromatic rings. The Bertz CT molecular complexity index is 2910. The number of para-hydroxylation sites is 2. The fraction of sp³-hybridized carbons (Fsp3) is 0.375. The molecule has 4 aliphatic carbocycles. The summed E-state index contributed by atoms with van der Waals surface area (Å²) in [5, 5.41) is 13.1. The van der Waals surface area contributed by atoms with Crippen molar-refractivity contribution >= 4 is 34.8 Å². The summed E-state index contributed by atoms with van der Waals surface area (Å²) in [6.45, 7) is 9.34. The molecule has 2 amide bonds. The van der Waals surface area contributed by atoms with Crippen LogP contribution in [0.15, 0.2) is 132 Å². The Morgan fingerprint density at radius 1 is 0.494 bits per heavy atom. The van der Waals surface area contributed by atoms with Gasteiger partial charge in [0.25, 0.3) is 11.8 Å². The molecule has 0 spiro atoms. The molecule has 81 heavy (non-hydrogen) atoms. The van der Waals surface area contributed by atoms with Crippen LogP contribution in [0.1, 0.15) is 124 Å². The number of fused-ring (bicyclic) bond motifs is 8. The summed E-state index contributed by atoms with van der Waals surface area (Å²) in [7, 11) is 0. The molecule has 14 bridgehead atoms. The number of allylic oxidation sites excluding steroid dienone is 8. The first-order chi connectivity index (χ1) is 39.5. The molecule has 10 rings (SSSR count). The summed E-state index contributed by atoms with van der Waals surface area (Å²) < 4.78 is 56.1. The molecule has 424 valence electrons. The zero-order valence-corrected chi connectivity index (χ0v) is 50.8. The number of benzene rings is 4. The molecule has 4 aromatic carbocycles. The second-order valence-corrected chi connectivity index (χ2v) is 21.1. The van der Waals surface area contributed by atoms with Gasteiger partial charge in [-0.2, -0.15) is 0 Å². The molecule has 2 atom stereocenters. The van der Waals surface area contributed by atoms with E-state index in [9.17, 15) is 19.2 Å². The normalized spacial score (nSPS) is 18.6. The number of carbonyl (C=O) groups is 4. The molecule has 6 aliphatic rings. The third-order valence-corrected chi connectivity index (χ3v) is 14.1. The minimum atomic E-state index is -2.51. The van der Waals surface area contributed by atoms with Crippen LogP contribution in [0.5, 0.6) is 23.0 Å². The summed E-state index contributed by atoms with van der Waals surface area (Å²) in [4.78, 5) is 55.9. The van der Waals surface area contributed by atoms with Crippen molar-refractivity contribution in [2.24, 2.45) is 0 Å². The Balaban J connectivity index is 0.00000281. The van der Waals surface area contributed by atoms with Gasteiger partial charge in [0, 0.05) is 94.9 Å². The van der Waals surface area contributed by atoms with E-state index in [4.69, 9.17) is 32.9 Å². The molecule has 1 fully saturated rings. The average molecular weight is 1330 g/mol. The zero-order chi connectivity index (χ0) is 57.1. The Hall–Kier alpha value is -7.35. The van der Waals surface area contributed by atoms with Crippen LogP contribution in [0.4, 0.5) is 11.4 Å². The molecule has 1 saturated carbocycles. The van der Waals surface area contributed by atoms with Gasteiger partial charge < -0.3 is 49.7 Å². The number of Topliss-reactive ketones (excluding diaryl/α,β-unsaturated/α-hetero) is 2. The maximum atomic E-state index is 14.1. The van der Waals surface area contributed by atoms with Crippen LogP contribution < -0.4 is 40.2 Å². The van der Waals surface area contributed by atoms with Gasteiger partial charge in [-0.15, -0.1) is 0 Å². The second kappa shape index (κ2) is 29.9. The van der Waals surface area contributed by atoms with Gasteiger partial charge in [0.1, 0.15) is 23.0 Å². The number of hydrogen-bond acceptors (Lipinski definition) is 14. The predicted octanol–water partition coefficient (Wildman–Crippen LogP) is 10.5. The number of ether oxygens (including phenoxy) is 6. The molecule has 17 heteroatoms. The van der Waals surface area contributed by atoms with Crippen LogP contribution in [-0.2, 0) is 58.8 Å². The fourth-order valence-electron chi connectivity index (χ4n) is 10.5. The van der Waals surface area contributed by atoms with E-state index in [-0.39, 0.29) is 35.2 Å². The van der Waals surface area contributed by atoms with E-state index >= 15 is 0 Å². The Morgan fingerprint density at radius 3 is 1.14 bits per heavy atom. The first-order valence-electron chi connectivity index (χ1n) is 28.2. The number of ketones is 2. The van der Waals surface area contributed by atoms with Gasteiger partial charge in [-0.3, -0.25) is 19.2 Å². The minimum absolute atomic E-state index is 0.0496. The topological polar surface area (TPSA) is 206 Å². The van der Waals surface area contributed by atoms with E-state index in [0.717, 1.165) is 107 Å². The third kappa shape index (κ3) is 15.8. The van der Waals surface area contributed by atoms with E-state index in [1.807, 2.05) is 36.4 Å². The number of hydrogen-bond donors (Lipinski definition) is 4. The molecule has 16 nitrogen and oxygen atoms in total. The second-order valence-electron chi connectivity index (χ2n) is 20.4. The predicted molar refractivity (Wildman–Crippen MR) is 304 cm³/mol. The molecule has 2 heterocycles. The van der Waals surface area contributed by atoms with Crippen LogP contribution >= 0.6 is 0 Å². The quantitative estimate of drug-likeness (QED) is 0.0918. The van der Waals surface area contributed by atoms with Crippen LogP contribution in [-0.4, -0.2) is 75.1 Å². The van der Waals surface area contributed by atoms with Gasteiger partial charge in [-0.1, -0.05) is 89.1 Å². The van der Waals surface area contributed by atoms with Crippen molar-refractivity contribution in [3.8, 4) is 23.0 Å². The maximum absolute atomic E-state index is 14.1. The number of carbonyl (C=O) groups excluding carboxylic acids is 4. The van der Waals surface area contributed by atoms with Crippen molar-refractivity contribution in [3.05, 3.63) is 177 Å². The van der Waals surface area contributed by atoms with Crippen LogP contribution in [0.2, 0.25) is 0 Å². The van der Waals surface area contributed by atoms with Gasteiger partial charge >= 0.3 is 32.3 Å². The van der Waals surface area contributed by atoms with Gasteiger partial charge in [-0.05, 0) is 109 Å². The molecule has 0 saturated heterocycles. The molecule has 0 aromatic heterocycles. The van der Waals surface area contributed by atoms with Crippen molar-refractivity contribution in [3.63, 3.8) is 0 Å². The summed E-state index contributed by atoms with van der Waals surface area (Å²) >= 11 is -2.51. The molecular weight excluding hydrogens is 1250 g/mol. The van der Waals surface area contributed by atoms with E-state index in [0.29, 0.717) is 86.1 Å². The third-order valence-electron chi connectivity index (χ3n) is 14.1. The van der Waals surface area contributed by atoms with E-state index in [1.165, 1.54) is 0 Å². The fourth-order valence-corrected chi connectivity index (χ4v) is 10.5. The summed E-state index contributed by atoms with van der Waals surface area (Å²) in [6, 6.07) is 20.0. The SMILES string of the molecule is CCCOc1c2cccc1Cc1cc3cc(c1OCCC)Cc1cccc(c1OCCC)Cc1cc(cc(c1OCCC)C2)NC(=O)COC1=CC=CC(=CN[C@H]2CCCC[C@@H]2N/C=C2/C=CC=C(OCC(=O)N3)C2=O)C1=O.[O]=[U]=[O]. The van der Waals surface area contributed by atoms with Crippen LogP contribution in [0, 0.1) is 27.8 Å². The van der Waals surface area contributed by atoms with Gasteiger partial charge in [0.15, 0.2) is 24.7 Å². The zero-order valence-electron chi connectivity index (χ0n) is 46.7. The molecule has 0 radical (unpaired) electrons. The Kier molecular flexibility index (Phi) is 22.1. The Morgan fingerprint density at radius 2 is 0.815 bits per heavy atom. The van der Waals surface area contributed by atoms with E-state index < -0.39 is 52.8 Å². The summed E-state index contributed by atoms with van der Waals surface area (Å²) in [5.74, 6) is 1.39. The average Bonchev–Trinajstić information content (AvgIpc) is 3.46. The number of anilines is 2. The van der Waals surface area contributed by atoms with Crippen LogP contribution in [0.3, 0.4) is 0 Å². The number of rotatable bonds is 12. The molecular formula is C64H72N4O12U. The molecule has 2 aliphatic heterocycles. The van der Waals surface area contributed by atoms with Crippen molar-refractivity contribution in [2.75, 3.05) is 50.3 Å². The van der Waals surface area contributed by atoms with Crippen molar-refractivity contribution in [1.29, 1.82) is 0 Å². The van der Waals surface area contributed by atoms with Crippen molar-refractivity contribution in [1.82, 2.24) is 10.6 Å². The van der Waals surface area contributed by atoms with Crippen molar-refractivity contribution in [2.45, 2.75) is 117 Å². The molecule has 4 N–H and O–H groups in total. The Labute approximate surface area is 489 Å². The first-order valence-corrected chi connectivity index (χ1v) is 31.6. The van der Waals surface area contributed by atoms with Gasteiger partial charge in [-0.25, -0.2) is 0 Å². The van der Waals surface area contributed by atoms with Crippen LogP contribution in [0.25, 0.3) is 0 Å². The summed E-state index contributed by atoms with van der Waals surface area (Å²) in [6.07, 6.45) is 21.7.